The highest BCUT2D eigenvalue weighted by atomic mass is 28.4. The number of carbonyl (C=O) groups is 2. The molecule has 2 amide bonds. The number of nitrogens with one attached hydrogen (secondary N) is 1. The molecule has 58 heavy (non-hydrogen) atoms. The summed E-state index contributed by atoms with van der Waals surface area (Å²) in [4.78, 5) is 41.9. The first-order chi connectivity index (χ1) is 27.5. The third-order valence-corrected chi connectivity index (χ3v) is 14.3. The van der Waals surface area contributed by atoms with Crippen molar-refractivity contribution in [2.45, 2.75) is 120 Å². The number of aliphatic hydroxyl groups excluding tert-OH is 5. The molecule has 0 aliphatic carbocycles. The normalized spacial score (nSPS) is 29.1. The van der Waals surface area contributed by atoms with Crippen molar-refractivity contribution >= 4 is 31.5 Å². The number of aryl methyl sites for hydroxylation is 1. The Balaban J connectivity index is 1.32. The summed E-state index contributed by atoms with van der Waals surface area (Å²) in [5.74, 6) is -2.04. The van der Waals surface area contributed by atoms with E-state index in [1.54, 1.807) is 34.0 Å². The lowest BCUT2D eigenvalue weighted by Crippen LogP contribution is -2.60. The second-order valence-electron chi connectivity index (χ2n) is 16.6. The van der Waals surface area contributed by atoms with Crippen LogP contribution in [0.2, 0.25) is 18.6 Å². The van der Waals surface area contributed by atoms with Gasteiger partial charge in [0.25, 0.3) is 11.8 Å². The molecule has 4 heterocycles. The van der Waals surface area contributed by atoms with Crippen LogP contribution in [0, 0.1) is 5.92 Å². The molecule has 15 nitrogen and oxygen atoms in total. The fourth-order valence-electron chi connectivity index (χ4n) is 8.73. The van der Waals surface area contributed by atoms with Gasteiger partial charge < -0.3 is 50.0 Å². The van der Waals surface area contributed by atoms with Crippen LogP contribution < -0.4 is 10.2 Å². The minimum absolute atomic E-state index is 0.146. The third-order valence-electron chi connectivity index (χ3n) is 11.8. The molecule has 0 bridgehead atoms. The van der Waals surface area contributed by atoms with Gasteiger partial charge in [0, 0.05) is 42.0 Å². The number of hydrogen-bond donors (Lipinski definition) is 7. The van der Waals surface area contributed by atoms with Gasteiger partial charge in [0.05, 0.1) is 30.0 Å². The van der Waals surface area contributed by atoms with E-state index in [4.69, 9.17) is 9.47 Å². The largest absolute Gasteiger partial charge is 0.432 e. The SMILES string of the molecule is CC(C)=CCC/C(C)=C/CN1C(=O)[C@@]2(O[C@@H](CCn3cc(C(CO)c4ccccc4)nn3)[C@H]([Si](C)(C)O)[C@H]2C)c2cc(NC(=O)[C@H]3O[C@@H](O)[C@H](O)[C@@H](O)[C@@H]3O)ccc21. The van der Waals surface area contributed by atoms with Gasteiger partial charge in [-0.05, 0) is 76.9 Å². The Bertz CT molecular complexity index is 2000. The predicted octanol–water partition coefficient (Wildman–Crippen LogP) is 3.07. The standard InChI is InChI=1S/C42H57N5O10Si/c1-24(2)11-10-12-25(3)17-20-47-32-16-15-28(43-39(52)37-35(50)34(49)36(51)40(53)56-37)21-30(32)42(41(47)54)26(4)38(58(5,6)55)33(57-42)18-19-46-22-31(44-45-46)29(23-48)27-13-8-7-9-14-27/h7-9,11,13-17,21-22,26,29,33-38,40,48-51,53,55H,10,12,18-20,23H2,1-6H3,(H,43,52)/b25-17+/t26-,29?,33+,34+,35+,36-,37+,38-,40-,42+/m1/s1. The van der Waals surface area contributed by atoms with Gasteiger partial charge in [-0.25, -0.2) is 0 Å². The number of aromatic nitrogens is 3. The van der Waals surface area contributed by atoms with Crippen LogP contribution in [-0.2, 0) is 31.2 Å². The fraction of sp³-hybridized carbons (Fsp3) is 0.524. The number of anilines is 2. The lowest BCUT2D eigenvalue weighted by atomic mass is 9.82. The van der Waals surface area contributed by atoms with Crippen LogP contribution in [-0.4, -0.2) is 115 Å². The molecule has 10 atom stereocenters. The average Bonchev–Trinajstić information content (AvgIpc) is 3.83. The Labute approximate surface area is 339 Å². The van der Waals surface area contributed by atoms with Crippen molar-refractivity contribution in [3.8, 4) is 0 Å². The molecule has 314 valence electrons. The van der Waals surface area contributed by atoms with E-state index in [1.807, 2.05) is 63.3 Å². The maximum absolute atomic E-state index is 15.0. The smallest absolute Gasteiger partial charge is 0.264 e. The topological polar surface area (TPSA) is 220 Å². The zero-order valence-electron chi connectivity index (χ0n) is 33.9. The maximum Gasteiger partial charge on any atom is 0.264 e. The molecular weight excluding hydrogens is 763 g/mol. The van der Waals surface area contributed by atoms with Crippen molar-refractivity contribution in [3.63, 3.8) is 0 Å². The van der Waals surface area contributed by atoms with Crippen LogP contribution in [0.5, 0.6) is 0 Å². The number of benzene rings is 2. The molecule has 2 saturated heterocycles. The molecule has 0 radical (unpaired) electrons. The van der Waals surface area contributed by atoms with Crippen LogP contribution in [0.25, 0.3) is 0 Å². The second kappa shape index (κ2) is 17.6. The summed E-state index contributed by atoms with van der Waals surface area (Å²) in [6.45, 7) is 12.2. The quantitative estimate of drug-likeness (QED) is 0.0923. The molecule has 7 N–H and O–H groups in total. The molecule has 2 fully saturated rings. The number of hydrogen-bond acceptors (Lipinski definition) is 12. The molecule has 1 unspecified atom stereocenters. The Morgan fingerprint density at radius 1 is 1.03 bits per heavy atom. The van der Waals surface area contributed by atoms with Crippen LogP contribution in [0.3, 0.4) is 0 Å². The average molecular weight is 820 g/mol. The van der Waals surface area contributed by atoms with Gasteiger partial charge in [-0.15, -0.1) is 5.10 Å². The van der Waals surface area contributed by atoms with Crippen molar-refractivity contribution in [1.29, 1.82) is 0 Å². The monoisotopic (exact) mass is 819 g/mol. The maximum atomic E-state index is 15.0. The lowest BCUT2D eigenvalue weighted by molar-refractivity contribution is -0.274. The number of rotatable bonds is 14. The van der Waals surface area contributed by atoms with Gasteiger partial charge in [-0.3, -0.25) is 14.3 Å². The highest BCUT2D eigenvalue weighted by Crippen LogP contribution is 2.60. The molecule has 0 saturated carbocycles. The predicted molar refractivity (Wildman–Crippen MR) is 218 cm³/mol. The fourth-order valence-corrected chi connectivity index (χ4v) is 11.3. The van der Waals surface area contributed by atoms with E-state index in [9.17, 15) is 35.1 Å². The van der Waals surface area contributed by atoms with Gasteiger partial charge in [0.2, 0.25) is 0 Å². The molecule has 1 spiro atoms. The molecule has 1 aromatic heterocycles. The van der Waals surface area contributed by atoms with Gasteiger partial charge in [0.15, 0.2) is 26.3 Å². The second-order valence-corrected chi connectivity index (χ2v) is 20.6. The summed E-state index contributed by atoms with van der Waals surface area (Å²) in [5.41, 5.74) is 3.24. The Kier molecular flexibility index (Phi) is 13.2. The molecule has 3 aromatic rings. The third kappa shape index (κ3) is 8.62. The summed E-state index contributed by atoms with van der Waals surface area (Å²) in [6.07, 6.45) is -1.57. The molecule has 6 rings (SSSR count). The minimum Gasteiger partial charge on any atom is -0.432 e. The van der Waals surface area contributed by atoms with E-state index in [1.165, 1.54) is 5.57 Å². The Morgan fingerprint density at radius 3 is 2.43 bits per heavy atom. The van der Waals surface area contributed by atoms with Crippen molar-refractivity contribution in [2.75, 3.05) is 23.4 Å². The Hall–Kier alpha value is -4.10. The van der Waals surface area contributed by atoms with Gasteiger partial charge in [0.1, 0.15) is 18.3 Å². The summed E-state index contributed by atoms with van der Waals surface area (Å²) in [7, 11) is -3.04. The molecule has 2 aromatic carbocycles. The van der Waals surface area contributed by atoms with E-state index >= 15 is 4.79 Å². The first kappa shape index (κ1) is 43.5. The lowest BCUT2D eigenvalue weighted by Gasteiger charge is -2.37. The van der Waals surface area contributed by atoms with Gasteiger partial charge in [-0.1, -0.05) is 65.8 Å². The zero-order chi connectivity index (χ0) is 42.1. The molecular formula is C42H57N5O10Si. The van der Waals surface area contributed by atoms with Crippen molar-refractivity contribution in [2.24, 2.45) is 5.92 Å². The highest BCUT2D eigenvalue weighted by molar-refractivity contribution is 6.71. The number of ether oxygens (including phenoxy) is 2. The summed E-state index contributed by atoms with van der Waals surface area (Å²) in [6, 6.07) is 14.5. The number of aliphatic hydroxyl groups is 5. The van der Waals surface area contributed by atoms with E-state index in [0.29, 0.717) is 29.9 Å². The summed E-state index contributed by atoms with van der Waals surface area (Å²) >= 11 is 0. The zero-order valence-corrected chi connectivity index (χ0v) is 34.9. The minimum atomic E-state index is -3.04. The van der Waals surface area contributed by atoms with E-state index < -0.39 is 68.1 Å². The van der Waals surface area contributed by atoms with Crippen LogP contribution in [0.4, 0.5) is 11.4 Å². The van der Waals surface area contributed by atoms with E-state index in [-0.39, 0.29) is 30.7 Å². The van der Waals surface area contributed by atoms with Crippen LogP contribution >= 0.6 is 0 Å². The summed E-state index contributed by atoms with van der Waals surface area (Å²) < 4.78 is 13.9. The van der Waals surface area contributed by atoms with Gasteiger partial charge >= 0.3 is 0 Å². The molecule has 3 aliphatic heterocycles. The van der Waals surface area contributed by atoms with Crippen molar-refractivity contribution in [3.05, 3.63) is 94.8 Å². The molecule has 3 aliphatic rings. The highest BCUT2D eigenvalue weighted by Gasteiger charge is 2.66. The molecule has 16 heteroatoms. The van der Waals surface area contributed by atoms with Crippen molar-refractivity contribution in [1.82, 2.24) is 15.0 Å². The number of amides is 2. The summed E-state index contributed by atoms with van der Waals surface area (Å²) in [5, 5.41) is 62.3. The first-order valence-electron chi connectivity index (χ1n) is 19.9. The number of fused-ring (bicyclic) bond motifs is 2. The number of allylic oxidation sites excluding steroid dienone is 3. The van der Waals surface area contributed by atoms with Crippen LogP contribution in [0.1, 0.15) is 69.7 Å². The van der Waals surface area contributed by atoms with E-state index in [0.717, 1.165) is 24.0 Å². The van der Waals surface area contributed by atoms with Gasteiger partial charge in [-0.2, -0.15) is 0 Å². The number of carbonyl (C=O) groups excluding carboxylic acids is 2. The number of nitrogens with zero attached hydrogens (tertiary/aromatic N) is 4. The van der Waals surface area contributed by atoms with E-state index in [2.05, 4.69) is 35.6 Å². The first-order valence-corrected chi connectivity index (χ1v) is 22.9. The van der Waals surface area contributed by atoms with Crippen molar-refractivity contribution < 1.29 is 49.4 Å². The Morgan fingerprint density at radius 2 is 1.76 bits per heavy atom. The van der Waals surface area contributed by atoms with Crippen LogP contribution in [0.15, 0.2) is 78.0 Å².